The van der Waals surface area contributed by atoms with Gasteiger partial charge in [0.05, 0.1) is 12.6 Å². The van der Waals surface area contributed by atoms with Crippen molar-refractivity contribution in [3.8, 4) is 0 Å². The summed E-state index contributed by atoms with van der Waals surface area (Å²) >= 11 is 0. The molecule has 0 bridgehead atoms. The van der Waals surface area contributed by atoms with Gasteiger partial charge in [-0.3, -0.25) is 0 Å². The predicted molar refractivity (Wildman–Crippen MR) is 69.1 cm³/mol. The van der Waals surface area contributed by atoms with Gasteiger partial charge >= 0.3 is 57.0 Å². The van der Waals surface area contributed by atoms with Gasteiger partial charge in [-0.05, 0) is 11.5 Å². The Bertz CT molecular complexity index is 848. The number of halogens is 18. The standard InChI is InChI=1S/C11H7F18NO3S/c1-3(31)2-30(29)34(32,33)11(27,28)9(22,23)7(18,19)5(14,15)4(12,13)6(16,17)8(20,21)10(24,25)26/h3,31H,2H2,1H3. The second-order valence-corrected chi connectivity index (χ2v) is 8.14. The SMILES string of the molecule is CC(O)CN(F)S(=O)(=O)C(F)(F)C(F)(F)C(F)(F)C(F)(F)C(F)(F)C(F)(F)C(F)(F)C(F)(F)F. The van der Waals surface area contributed by atoms with E-state index in [0.29, 0.717) is 6.92 Å². The van der Waals surface area contributed by atoms with Crippen molar-refractivity contribution in [2.75, 3.05) is 6.54 Å². The van der Waals surface area contributed by atoms with Gasteiger partial charge in [0.2, 0.25) is 0 Å². The molecule has 0 aromatic rings. The quantitative estimate of drug-likeness (QED) is 0.300. The van der Waals surface area contributed by atoms with E-state index in [4.69, 9.17) is 5.11 Å². The molecule has 23 heteroatoms. The maximum Gasteiger partial charge on any atom is 0.460 e. The maximum absolute atomic E-state index is 13.5. The minimum absolute atomic E-state index is 0.338. The minimum atomic E-state index is -8.99. The van der Waals surface area contributed by atoms with E-state index in [2.05, 4.69) is 0 Å². The van der Waals surface area contributed by atoms with Crippen molar-refractivity contribution < 1.29 is 92.6 Å². The minimum Gasteiger partial charge on any atom is -0.392 e. The summed E-state index contributed by atoms with van der Waals surface area (Å²) in [5.74, 6) is -52.5. The summed E-state index contributed by atoms with van der Waals surface area (Å²) in [5.41, 5.74) is 0. The molecule has 206 valence electrons. The summed E-state index contributed by atoms with van der Waals surface area (Å²) in [6, 6.07) is 0. The topological polar surface area (TPSA) is 57.6 Å². The molecule has 0 aliphatic carbocycles. The molecule has 0 aliphatic rings. The summed E-state index contributed by atoms with van der Waals surface area (Å²) < 4.78 is 254. The van der Waals surface area contributed by atoms with Gasteiger partial charge in [0.25, 0.3) is 0 Å². The Kier molecular flexibility index (Phi) is 7.99. The first-order valence-corrected chi connectivity index (χ1v) is 8.85. The molecule has 1 atom stereocenters. The molecular weight excluding hydrogens is 568 g/mol. The monoisotopic (exact) mass is 575 g/mol. The van der Waals surface area contributed by atoms with E-state index in [-0.39, 0.29) is 0 Å². The number of rotatable bonds is 10. The zero-order valence-corrected chi connectivity index (χ0v) is 16.0. The number of sulfonamides is 1. The van der Waals surface area contributed by atoms with Crippen LogP contribution in [0.1, 0.15) is 6.92 Å². The van der Waals surface area contributed by atoms with E-state index < -0.39 is 74.2 Å². The highest BCUT2D eigenvalue weighted by atomic mass is 32.2. The Balaban J connectivity index is 6.95. The Labute approximate surface area is 175 Å². The van der Waals surface area contributed by atoms with Crippen LogP contribution in [0, 0.1) is 0 Å². The van der Waals surface area contributed by atoms with E-state index in [1.807, 2.05) is 0 Å². The molecule has 0 saturated carbocycles. The molecule has 0 fully saturated rings. The van der Waals surface area contributed by atoms with Crippen LogP contribution < -0.4 is 0 Å². The third kappa shape index (κ3) is 4.13. The lowest BCUT2D eigenvalue weighted by Crippen LogP contribution is -2.75. The van der Waals surface area contributed by atoms with Crippen molar-refractivity contribution in [3.63, 3.8) is 0 Å². The second-order valence-electron chi connectivity index (χ2n) is 6.29. The highest BCUT2D eigenvalue weighted by Crippen LogP contribution is 2.64. The lowest BCUT2D eigenvalue weighted by atomic mass is 9.91. The van der Waals surface area contributed by atoms with Gasteiger partial charge in [-0.2, -0.15) is 74.6 Å². The summed E-state index contributed by atoms with van der Waals surface area (Å²) in [4.78, 5) is 0. The molecule has 0 saturated heterocycles. The number of nitrogens with zero attached hydrogens (tertiary/aromatic N) is 1. The molecule has 4 nitrogen and oxygen atoms in total. The molecular formula is C11H7F18NO3S. The van der Waals surface area contributed by atoms with E-state index in [1.54, 1.807) is 0 Å². The lowest BCUT2D eigenvalue weighted by Gasteiger charge is -2.42. The largest absolute Gasteiger partial charge is 0.460 e. The van der Waals surface area contributed by atoms with Crippen molar-refractivity contribution in [1.82, 2.24) is 4.53 Å². The van der Waals surface area contributed by atoms with Crippen LogP contribution in [0.15, 0.2) is 0 Å². The highest BCUT2D eigenvalue weighted by Gasteiger charge is 2.96. The fourth-order valence-corrected chi connectivity index (χ4v) is 2.85. The van der Waals surface area contributed by atoms with Crippen LogP contribution in [0.2, 0.25) is 0 Å². The van der Waals surface area contributed by atoms with Crippen molar-refractivity contribution in [1.29, 1.82) is 0 Å². The van der Waals surface area contributed by atoms with E-state index >= 15 is 0 Å². The third-order valence-electron chi connectivity index (χ3n) is 3.69. The molecule has 0 rings (SSSR count). The van der Waals surface area contributed by atoms with Crippen LogP contribution in [0.5, 0.6) is 0 Å². The van der Waals surface area contributed by atoms with Crippen LogP contribution in [0.25, 0.3) is 0 Å². The van der Waals surface area contributed by atoms with Gasteiger partial charge in [0.1, 0.15) is 0 Å². The Hall–Kier alpha value is -1.39. The number of aliphatic hydroxyl groups is 1. The summed E-state index contributed by atoms with van der Waals surface area (Å²) in [7, 11) is -8.02. The first kappa shape index (κ1) is 32.6. The number of hydrogen-bond donors (Lipinski definition) is 1. The smallest absolute Gasteiger partial charge is 0.392 e. The van der Waals surface area contributed by atoms with Crippen LogP contribution in [0.4, 0.5) is 79.1 Å². The number of alkyl halides is 17. The molecule has 1 N–H and O–H groups in total. The van der Waals surface area contributed by atoms with Gasteiger partial charge in [-0.15, -0.1) is 4.48 Å². The first-order chi connectivity index (χ1) is 14.3. The highest BCUT2D eigenvalue weighted by molar-refractivity contribution is 7.90. The Morgan fingerprint density at radius 1 is 0.618 bits per heavy atom. The third-order valence-corrected chi connectivity index (χ3v) is 5.26. The lowest BCUT2D eigenvalue weighted by molar-refractivity contribution is -0.458. The number of hydrogen-bond acceptors (Lipinski definition) is 3. The average molecular weight is 575 g/mol. The molecule has 0 radical (unpaired) electrons. The number of aliphatic hydroxyl groups excluding tert-OH is 1. The van der Waals surface area contributed by atoms with Gasteiger partial charge in [-0.25, -0.2) is 8.42 Å². The molecule has 0 aromatic heterocycles. The van der Waals surface area contributed by atoms with E-state index in [0.717, 1.165) is 0 Å². The van der Waals surface area contributed by atoms with Gasteiger partial charge in [-0.1, -0.05) is 0 Å². The summed E-state index contributed by atoms with van der Waals surface area (Å²) in [6.07, 6.45) is -10.4. The van der Waals surface area contributed by atoms with Crippen LogP contribution >= 0.6 is 0 Å². The zero-order chi connectivity index (χ0) is 28.4. The fraction of sp³-hybridized carbons (Fsp3) is 1.00. The van der Waals surface area contributed by atoms with E-state index in [1.165, 1.54) is 0 Å². The van der Waals surface area contributed by atoms with Crippen molar-refractivity contribution in [2.45, 2.75) is 60.0 Å². The van der Waals surface area contributed by atoms with Crippen LogP contribution in [0.3, 0.4) is 0 Å². The van der Waals surface area contributed by atoms with Gasteiger partial charge < -0.3 is 5.11 Å². The average Bonchev–Trinajstić information content (AvgIpc) is 2.58. The molecule has 0 spiro atoms. The summed E-state index contributed by atoms with van der Waals surface area (Å²) in [5, 5.41) is 0.598. The van der Waals surface area contributed by atoms with Gasteiger partial charge in [0.15, 0.2) is 0 Å². The van der Waals surface area contributed by atoms with Crippen LogP contribution in [-0.2, 0) is 10.0 Å². The molecule has 0 aliphatic heterocycles. The normalized spacial score (nSPS) is 17.3. The molecule has 0 aromatic carbocycles. The molecule has 0 heterocycles. The fourth-order valence-electron chi connectivity index (χ4n) is 1.74. The zero-order valence-electron chi connectivity index (χ0n) is 15.2. The van der Waals surface area contributed by atoms with Crippen molar-refractivity contribution in [3.05, 3.63) is 0 Å². The first-order valence-electron chi connectivity index (χ1n) is 7.41. The Morgan fingerprint density at radius 2 is 0.882 bits per heavy atom. The van der Waals surface area contributed by atoms with Crippen LogP contribution in [-0.4, -0.2) is 77.7 Å². The maximum atomic E-state index is 13.5. The Morgan fingerprint density at radius 3 is 1.15 bits per heavy atom. The molecule has 1 unspecified atom stereocenters. The van der Waals surface area contributed by atoms with Crippen molar-refractivity contribution >= 4 is 10.0 Å². The van der Waals surface area contributed by atoms with Crippen molar-refractivity contribution in [2.24, 2.45) is 0 Å². The predicted octanol–water partition coefficient (Wildman–Crippen LogP) is 4.85. The molecule has 0 amide bonds. The second kappa shape index (κ2) is 8.34. The van der Waals surface area contributed by atoms with E-state index in [9.17, 15) is 87.5 Å². The van der Waals surface area contributed by atoms with Gasteiger partial charge in [0, 0.05) is 0 Å². The molecule has 34 heavy (non-hydrogen) atoms. The summed E-state index contributed by atoms with van der Waals surface area (Å²) in [6.45, 7) is -1.98.